The Balaban J connectivity index is 1.94. The Morgan fingerprint density at radius 2 is 2.20 bits per heavy atom. The van der Waals surface area contributed by atoms with Crippen molar-refractivity contribution in [2.45, 2.75) is 19.4 Å². The van der Waals surface area contributed by atoms with Gasteiger partial charge in [-0.3, -0.25) is 0 Å². The van der Waals surface area contributed by atoms with Crippen molar-refractivity contribution in [3.63, 3.8) is 0 Å². The second-order valence-corrected chi connectivity index (χ2v) is 4.16. The van der Waals surface area contributed by atoms with Gasteiger partial charge in [0.05, 0.1) is 12.9 Å². The van der Waals surface area contributed by atoms with Crippen LogP contribution in [0.3, 0.4) is 0 Å². The van der Waals surface area contributed by atoms with Crippen molar-refractivity contribution >= 4 is 28.9 Å². The molecule has 0 saturated carbocycles. The minimum absolute atomic E-state index is 0.122. The molecule has 8 nitrogen and oxygen atoms in total. The zero-order valence-corrected chi connectivity index (χ0v) is 11.0. The van der Waals surface area contributed by atoms with E-state index in [-0.39, 0.29) is 11.8 Å². The number of aromatic nitrogens is 4. The molecular formula is C12H16N6O2. The number of carbonyl (C=O) groups excluding carboxylic acids is 1. The summed E-state index contributed by atoms with van der Waals surface area (Å²) in [6, 6.07) is 0. The van der Waals surface area contributed by atoms with Crippen molar-refractivity contribution in [1.82, 2.24) is 19.5 Å². The van der Waals surface area contributed by atoms with Crippen LogP contribution in [0.15, 0.2) is 19.0 Å². The highest BCUT2D eigenvalue weighted by molar-refractivity contribution is 5.82. The molecule has 0 atom stereocenters. The van der Waals surface area contributed by atoms with Crippen LogP contribution in [-0.2, 0) is 16.1 Å². The number of fused-ring (bicyclic) bond motifs is 1. The fraction of sp³-hybridized carbons (Fsp3) is 0.333. The average molecular weight is 276 g/mol. The van der Waals surface area contributed by atoms with Gasteiger partial charge in [0.15, 0.2) is 11.5 Å². The van der Waals surface area contributed by atoms with Crippen LogP contribution in [0.5, 0.6) is 0 Å². The standard InChI is InChI=1S/C12H16N6O2/c1-2-8(19)20-6-4-3-5-18-7-15-9-10(13)16-12(14)17-11(9)18/h2,7H,1,3-6H2,(H4,13,14,16,17). The molecule has 0 aliphatic rings. The third-order valence-corrected chi connectivity index (χ3v) is 2.71. The van der Waals surface area contributed by atoms with Crippen LogP contribution in [-0.4, -0.2) is 32.1 Å². The van der Waals surface area contributed by atoms with Crippen LogP contribution in [0.25, 0.3) is 11.2 Å². The first-order valence-corrected chi connectivity index (χ1v) is 6.15. The lowest BCUT2D eigenvalue weighted by Crippen LogP contribution is -2.05. The van der Waals surface area contributed by atoms with Gasteiger partial charge in [0.2, 0.25) is 5.95 Å². The summed E-state index contributed by atoms with van der Waals surface area (Å²) < 4.78 is 6.74. The van der Waals surface area contributed by atoms with Crippen LogP contribution >= 0.6 is 0 Å². The topological polar surface area (TPSA) is 122 Å². The summed E-state index contributed by atoms with van der Waals surface area (Å²) >= 11 is 0. The lowest BCUT2D eigenvalue weighted by atomic mass is 10.3. The van der Waals surface area contributed by atoms with Gasteiger partial charge >= 0.3 is 5.97 Å². The minimum Gasteiger partial charge on any atom is -0.463 e. The molecule has 0 bridgehead atoms. The monoisotopic (exact) mass is 276 g/mol. The Bertz CT molecular complexity index is 636. The summed E-state index contributed by atoms with van der Waals surface area (Å²) in [6.07, 6.45) is 4.33. The van der Waals surface area contributed by atoms with Crippen molar-refractivity contribution in [3.8, 4) is 0 Å². The summed E-state index contributed by atoms with van der Waals surface area (Å²) in [5.41, 5.74) is 12.4. The van der Waals surface area contributed by atoms with E-state index >= 15 is 0 Å². The number of hydrogen-bond donors (Lipinski definition) is 2. The summed E-state index contributed by atoms with van der Waals surface area (Å²) in [6.45, 7) is 4.36. The van der Waals surface area contributed by atoms with E-state index in [1.165, 1.54) is 0 Å². The molecule has 0 aliphatic heterocycles. The van der Waals surface area contributed by atoms with Gasteiger partial charge in [0.1, 0.15) is 5.52 Å². The number of anilines is 2. The van der Waals surface area contributed by atoms with E-state index in [0.717, 1.165) is 18.9 Å². The molecule has 2 heterocycles. The predicted octanol–water partition coefficient (Wildman–Crippen LogP) is 0.500. The number of hydrogen-bond acceptors (Lipinski definition) is 7. The Labute approximate surface area is 115 Å². The van der Waals surface area contributed by atoms with E-state index in [4.69, 9.17) is 16.2 Å². The van der Waals surface area contributed by atoms with Crippen LogP contribution in [0.4, 0.5) is 11.8 Å². The normalized spacial score (nSPS) is 10.6. The number of nitrogens with two attached hydrogens (primary N) is 2. The van der Waals surface area contributed by atoms with Crippen molar-refractivity contribution < 1.29 is 9.53 Å². The van der Waals surface area contributed by atoms with Crippen molar-refractivity contribution in [2.24, 2.45) is 0 Å². The first kappa shape index (κ1) is 13.8. The van der Waals surface area contributed by atoms with Gasteiger partial charge in [-0.15, -0.1) is 0 Å². The number of rotatable bonds is 6. The molecule has 0 fully saturated rings. The minimum atomic E-state index is -0.411. The number of carbonyl (C=O) groups is 1. The van der Waals surface area contributed by atoms with E-state index < -0.39 is 5.97 Å². The summed E-state index contributed by atoms with van der Waals surface area (Å²) in [5, 5.41) is 0. The van der Waals surface area contributed by atoms with E-state index in [9.17, 15) is 4.79 Å². The number of nitrogens with zero attached hydrogens (tertiary/aromatic N) is 4. The van der Waals surface area contributed by atoms with E-state index in [0.29, 0.717) is 24.3 Å². The maximum absolute atomic E-state index is 10.9. The molecule has 0 amide bonds. The lowest BCUT2D eigenvalue weighted by molar-refractivity contribution is -0.137. The van der Waals surface area contributed by atoms with Crippen molar-refractivity contribution in [3.05, 3.63) is 19.0 Å². The molecule has 20 heavy (non-hydrogen) atoms. The van der Waals surface area contributed by atoms with Gasteiger partial charge in [-0.2, -0.15) is 9.97 Å². The van der Waals surface area contributed by atoms with Gasteiger partial charge in [-0.25, -0.2) is 9.78 Å². The van der Waals surface area contributed by atoms with Gasteiger partial charge in [0, 0.05) is 12.6 Å². The van der Waals surface area contributed by atoms with E-state index in [1.807, 2.05) is 4.57 Å². The smallest absolute Gasteiger partial charge is 0.330 e. The SMILES string of the molecule is C=CC(=O)OCCCCn1cnc2c(N)nc(N)nc21. The summed E-state index contributed by atoms with van der Waals surface area (Å²) in [7, 11) is 0. The number of imidazole rings is 1. The second-order valence-electron chi connectivity index (χ2n) is 4.16. The Morgan fingerprint density at radius 3 is 2.95 bits per heavy atom. The molecule has 0 unspecified atom stereocenters. The van der Waals surface area contributed by atoms with Gasteiger partial charge < -0.3 is 20.8 Å². The van der Waals surface area contributed by atoms with Gasteiger partial charge in [0.25, 0.3) is 0 Å². The highest BCUT2D eigenvalue weighted by atomic mass is 16.5. The van der Waals surface area contributed by atoms with Gasteiger partial charge in [-0.1, -0.05) is 6.58 Å². The Hall–Kier alpha value is -2.64. The first-order valence-electron chi connectivity index (χ1n) is 6.15. The molecule has 0 spiro atoms. The summed E-state index contributed by atoms with van der Waals surface area (Å²) in [5.74, 6) is -0.0193. The number of esters is 1. The number of unbranched alkanes of at least 4 members (excludes halogenated alkanes) is 1. The molecule has 4 N–H and O–H groups in total. The highest BCUT2D eigenvalue weighted by Gasteiger charge is 2.09. The molecule has 2 aromatic rings. The Morgan fingerprint density at radius 1 is 1.40 bits per heavy atom. The maximum Gasteiger partial charge on any atom is 0.330 e. The first-order chi connectivity index (χ1) is 9.61. The molecular weight excluding hydrogens is 260 g/mol. The fourth-order valence-electron chi connectivity index (χ4n) is 1.76. The van der Waals surface area contributed by atoms with Crippen LogP contribution in [0, 0.1) is 0 Å². The number of aryl methyl sites for hydroxylation is 1. The third kappa shape index (κ3) is 3.02. The van der Waals surface area contributed by atoms with Crippen molar-refractivity contribution in [1.29, 1.82) is 0 Å². The largest absolute Gasteiger partial charge is 0.463 e. The molecule has 2 rings (SSSR count). The quantitative estimate of drug-likeness (QED) is 0.447. The number of ether oxygens (including phenoxy) is 1. The number of nitrogen functional groups attached to an aromatic ring is 2. The van der Waals surface area contributed by atoms with Crippen LogP contribution < -0.4 is 11.5 Å². The summed E-state index contributed by atoms with van der Waals surface area (Å²) in [4.78, 5) is 23.0. The molecule has 0 saturated heterocycles. The highest BCUT2D eigenvalue weighted by Crippen LogP contribution is 2.17. The molecule has 106 valence electrons. The molecule has 0 aromatic carbocycles. The predicted molar refractivity (Wildman–Crippen MR) is 74.5 cm³/mol. The third-order valence-electron chi connectivity index (χ3n) is 2.71. The molecule has 8 heteroatoms. The van der Waals surface area contributed by atoms with Gasteiger partial charge in [-0.05, 0) is 12.8 Å². The fourth-order valence-corrected chi connectivity index (χ4v) is 1.76. The molecule has 0 aliphatic carbocycles. The molecule has 2 aromatic heterocycles. The van der Waals surface area contributed by atoms with Crippen molar-refractivity contribution in [2.75, 3.05) is 18.1 Å². The van der Waals surface area contributed by atoms with Crippen LogP contribution in [0.1, 0.15) is 12.8 Å². The van der Waals surface area contributed by atoms with Crippen LogP contribution in [0.2, 0.25) is 0 Å². The Kier molecular flexibility index (Phi) is 4.14. The average Bonchev–Trinajstić information content (AvgIpc) is 2.81. The zero-order chi connectivity index (χ0) is 14.5. The van der Waals surface area contributed by atoms with E-state index in [1.54, 1.807) is 6.33 Å². The maximum atomic E-state index is 10.9. The second kappa shape index (κ2) is 6.00. The zero-order valence-electron chi connectivity index (χ0n) is 11.0. The van der Waals surface area contributed by atoms with E-state index in [2.05, 4.69) is 21.5 Å². The lowest BCUT2D eigenvalue weighted by Gasteiger charge is -2.05. The molecule has 0 radical (unpaired) electrons.